The van der Waals surface area contributed by atoms with Crippen molar-refractivity contribution in [3.05, 3.63) is 45.9 Å². The maximum Gasteiger partial charge on any atom is 0.273 e. The lowest BCUT2D eigenvalue weighted by Gasteiger charge is -2.13. The number of hydrogen-bond acceptors (Lipinski definition) is 6. The molecule has 0 fully saturated rings. The van der Waals surface area contributed by atoms with Crippen LogP contribution in [0.3, 0.4) is 0 Å². The van der Waals surface area contributed by atoms with Gasteiger partial charge in [-0.15, -0.1) is 0 Å². The molecule has 140 valence electrons. The summed E-state index contributed by atoms with van der Waals surface area (Å²) < 4.78 is 24.9. The smallest absolute Gasteiger partial charge is 0.273 e. The van der Waals surface area contributed by atoms with E-state index in [2.05, 4.69) is 10.3 Å². The first kappa shape index (κ1) is 20.1. The minimum absolute atomic E-state index is 0.0224. The van der Waals surface area contributed by atoms with Crippen LogP contribution in [-0.4, -0.2) is 29.6 Å². The first-order valence-corrected chi connectivity index (χ1v) is 10.3. The fraction of sp³-hybridized carbons (Fsp3) is 0.312. The second-order valence-corrected chi connectivity index (χ2v) is 8.13. The molecular weight excluding hydrogens is 376 g/mol. The lowest BCUT2D eigenvalue weighted by molar-refractivity contribution is -0.113. The number of carbonyl (C=O) groups is 1. The van der Waals surface area contributed by atoms with E-state index in [4.69, 9.17) is 5.14 Å². The number of hydrogen-bond donors (Lipinski definition) is 2. The second-order valence-electron chi connectivity index (χ2n) is 5.63. The van der Waals surface area contributed by atoms with E-state index < -0.39 is 10.0 Å². The zero-order valence-corrected chi connectivity index (χ0v) is 16.3. The number of sulfonamides is 1. The van der Waals surface area contributed by atoms with E-state index >= 15 is 0 Å². The van der Waals surface area contributed by atoms with Gasteiger partial charge in [0.2, 0.25) is 15.9 Å². The number of anilines is 1. The van der Waals surface area contributed by atoms with Gasteiger partial charge in [0.1, 0.15) is 0 Å². The number of nitrogens with zero attached hydrogens (tertiary/aromatic N) is 2. The van der Waals surface area contributed by atoms with Crippen LogP contribution in [0, 0.1) is 13.8 Å². The number of nitrogens with one attached hydrogen (secondary N) is 1. The number of carbonyl (C=O) groups excluding carboxylic acids is 1. The highest BCUT2D eigenvalue weighted by molar-refractivity contribution is 7.99. The van der Waals surface area contributed by atoms with E-state index in [9.17, 15) is 18.0 Å². The van der Waals surface area contributed by atoms with Gasteiger partial charge in [-0.3, -0.25) is 9.59 Å². The van der Waals surface area contributed by atoms with Crippen LogP contribution < -0.4 is 16.0 Å². The van der Waals surface area contributed by atoms with Crippen molar-refractivity contribution in [3.63, 3.8) is 0 Å². The second kappa shape index (κ2) is 8.02. The molecule has 0 aliphatic carbocycles. The van der Waals surface area contributed by atoms with Crippen LogP contribution in [-0.2, 0) is 21.4 Å². The molecule has 1 aromatic carbocycles. The average molecular weight is 396 g/mol. The highest BCUT2D eigenvalue weighted by Crippen LogP contribution is 2.24. The number of amides is 1. The SMILES string of the molecule is CCn1ccc(=O)nc1SCC(=O)Nc1cc(S(N)(=O)=O)cc(C)c1C. The highest BCUT2D eigenvalue weighted by atomic mass is 32.2. The highest BCUT2D eigenvalue weighted by Gasteiger charge is 2.15. The standard InChI is InChI=1S/C16H20N4O4S2/c1-4-20-6-5-14(21)19-16(20)25-9-15(22)18-13-8-12(26(17,23)24)7-10(2)11(13)3/h5-8H,4,9H2,1-3H3,(H,18,22)(H2,17,23,24). The number of primary sulfonamides is 1. The van der Waals surface area contributed by atoms with Crippen LogP contribution in [0.25, 0.3) is 0 Å². The van der Waals surface area contributed by atoms with Gasteiger partial charge < -0.3 is 9.88 Å². The molecule has 0 aliphatic heterocycles. The number of thioether (sulfide) groups is 1. The normalized spacial score (nSPS) is 11.4. The molecule has 3 N–H and O–H groups in total. The summed E-state index contributed by atoms with van der Waals surface area (Å²) in [5, 5.41) is 8.31. The van der Waals surface area contributed by atoms with Crippen molar-refractivity contribution in [2.45, 2.75) is 37.4 Å². The van der Waals surface area contributed by atoms with E-state index in [0.29, 0.717) is 23.0 Å². The Balaban J connectivity index is 2.17. The Morgan fingerprint density at radius 2 is 2.04 bits per heavy atom. The summed E-state index contributed by atoms with van der Waals surface area (Å²) in [6.45, 7) is 6.04. The van der Waals surface area contributed by atoms with Gasteiger partial charge in [0.15, 0.2) is 5.16 Å². The molecule has 0 atom stereocenters. The molecule has 2 rings (SSSR count). The Morgan fingerprint density at radius 3 is 2.65 bits per heavy atom. The molecule has 0 unspecified atom stereocenters. The van der Waals surface area contributed by atoms with E-state index in [1.807, 2.05) is 6.92 Å². The summed E-state index contributed by atoms with van der Waals surface area (Å²) >= 11 is 1.13. The van der Waals surface area contributed by atoms with Crippen LogP contribution >= 0.6 is 11.8 Å². The van der Waals surface area contributed by atoms with E-state index in [1.54, 1.807) is 24.6 Å². The van der Waals surface area contributed by atoms with Gasteiger partial charge in [0, 0.05) is 24.5 Å². The summed E-state index contributed by atoms with van der Waals surface area (Å²) in [4.78, 5) is 27.5. The molecule has 10 heteroatoms. The molecule has 1 heterocycles. The Bertz CT molecular complexity index is 1000. The first-order chi connectivity index (χ1) is 12.1. The van der Waals surface area contributed by atoms with Crippen LogP contribution in [0.1, 0.15) is 18.1 Å². The zero-order valence-electron chi connectivity index (χ0n) is 14.6. The summed E-state index contributed by atoms with van der Waals surface area (Å²) in [6.07, 6.45) is 1.62. The van der Waals surface area contributed by atoms with Crippen LogP contribution in [0.4, 0.5) is 5.69 Å². The van der Waals surface area contributed by atoms with Gasteiger partial charge in [0.25, 0.3) is 5.56 Å². The molecule has 0 spiro atoms. The van der Waals surface area contributed by atoms with Crippen molar-refractivity contribution >= 4 is 33.4 Å². The van der Waals surface area contributed by atoms with Gasteiger partial charge in [-0.1, -0.05) is 11.8 Å². The first-order valence-electron chi connectivity index (χ1n) is 7.76. The maximum atomic E-state index is 12.3. The largest absolute Gasteiger partial charge is 0.328 e. The summed E-state index contributed by atoms with van der Waals surface area (Å²) in [5.41, 5.74) is 1.46. The lowest BCUT2D eigenvalue weighted by Crippen LogP contribution is -2.19. The predicted octanol–water partition coefficient (Wildman–Crippen LogP) is 1.26. The number of nitrogens with two attached hydrogens (primary N) is 1. The Labute approximate surface area is 155 Å². The van der Waals surface area contributed by atoms with Crippen molar-refractivity contribution in [2.75, 3.05) is 11.1 Å². The third-order valence-electron chi connectivity index (χ3n) is 3.77. The Hall–Kier alpha value is -2.17. The summed E-state index contributed by atoms with van der Waals surface area (Å²) in [6, 6.07) is 4.16. The number of rotatable bonds is 6. The molecule has 1 aromatic heterocycles. The molecule has 0 radical (unpaired) electrons. The third-order valence-corrected chi connectivity index (χ3v) is 5.65. The molecule has 0 saturated carbocycles. The molecule has 8 nitrogen and oxygen atoms in total. The van der Waals surface area contributed by atoms with Gasteiger partial charge >= 0.3 is 0 Å². The van der Waals surface area contributed by atoms with E-state index in [1.165, 1.54) is 18.2 Å². The van der Waals surface area contributed by atoms with Crippen molar-refractivity contribution in [2.24, 2.45) is 5.14 Å². The molecule has 1 amide bonds. The molecule has 2 aromatic rings. The lowest BCUT2D eigenvalue weighted by atomic mass is 10.1. The maximum absolute atomic E-state index is 12.3. The van der Waals surface area contributed by atoms with E-state index in [-0.39, 0.29) is 22.1 Å². The molecular formula is C16H20N4O4S2. The summed E-state index contributed by atoms with van der Waals surface area (Å²) in [7, 11) is -3.87. The quantitative estimate of drug-likeness (QED) is 0.559. The minimum atomic E-state index is -3.87. The third kappa shape index (κ3) is 4.93. The van der Waals surface area contributed by atoms with Gasteiger partial charge in [-0.2, -0.15) is 4.98 Å². The van der Waals surface area contributed by atoms with Crippen LogP contribution in [0.15, 0.2) is 39.2 Å². The van der Waals surface area contributed by atoms with Crippen LogP contribution in [0.2, 0.25) is 0 Å². The predicted molar refractivity (Wildman–Crippen MR) is 101 cm³/mol. The van der Waals surface area contributed by atoms with Crippen molar-refractivity contribution in [1.82, 2.24) is 9.55 Å². The number of aryl methyl sites for hydroxylation is 2. The zero-order chi connectivity index (χ0) is 19.5. The Morgan fingerprint density at radius 1 is 1.35 bits per heavy atom. The van der Waals surface area contributed by atoms with Crippen molar-refractivity contribution < 1.29 is 13.2 Å². The fourth-order valence-electron chi connectivity index (χ4n) is 2.21. The summed E-state index contributed by atoms with van der Waals surface area (Å²) in [5.74, 6) is -0.320. The van der Waals surface area contributed by atoms with E-state index in [0.717, 1.165) is 17.3 Å². The van der Waals surface area contributed by atoms with Crippen molar-refractivity contribution in [1.29, 1.82) is 0 Å². The minimum Gasteiger partial charge on any atom is -0.328 e. The van der Waals surface area contributed by atoms with Gasteiger partial charge in [-0.05, 0) is 44.0 Å². The monoisotopic (exact) mass is 396 g/mol. The average Bonchev–Trinajstić information content (AvgIpc) is 2.56. The van der Waals surface area contributed by atoms with Crippen molar-refractivity contribution in [3.8, 4) is 0 Å². The Kier molecular flexibility index (Phi) is 6.21. The van der Waals surface area contributed by atoms with Gasteiger partial charge in [-0.25, -0.2) is 13.6 Å². The molecule has 26 heavy (non-hydrogen) atoms. The topological polar surface area (TPSA) is 124 Å². The van der Waals surface area contributed by atoms with Gasteiger partial charge in [0.05, 0.1) is 10.6 Å². The molecule has 0 saturated heterocycles. The molecule has 0 aliphatic rings. The van der Waals surface area contributed by atoms with Crippen LogP contribution in [0.5, 0.6) is 0 Å². The fourth-order valence-corrected chi connectivity index (χ4v) is 3.67. The number of benzene rings is 1. The number of aromatic nitrogens is 2. The molecule has 0 bridgehead atoms.